The Bertz CT molecular complexity index is 813. The van der Waals surface area contributed by atoms with Crippen LogP contribution < -0.4 is 0 Å². The van der Waals surface area contributed by atoms with Gasteiger partial charge in [-0.1, -0.05) is 23.7 Å². The van der Waals surface area contributed by atoms with Crippen LogP contribution >= 0.6 is 11.6 Å². The Labute approximate surface area is 178 Å². The van der Waals surface area contributed by atoms with Crippen molar-refractivity contribution in [3.05, 3.63) is 96.6 Å². The van der Waals surface area contributed by atoms with Gasteiger partial charge in [-0.15, -0.1) is 0 Å². The van der Waals surface area contributed by atoms with E-state index in [1.54, 1.807) is 24.5 Å². The SMILES string of the molecule is Clc1cc(-c2ccccn2)nc(-c2ccccn2)c1.O=[N+]([O-])[O-].O=[N+]([O-])[O-].[Cu+2].[OH3+]. The van der Waals surface area contributed by atoms with Crippen molar-refractivity contribution in [1.82, 2.24) is 15.0 Å². The van der Waals surface area contributed by atoms with E-state index in [1.807, 2.05) is 36.4 Å². The molecule has 0 aliphatic carbocycles. The molecule has 0 saturated carbocycles. The second-order valence-electron chi connectivity index (χ2n) is 4.43. The smallest absolute Gasteiger partial charge is 0.457 e. The predicted molar refractivity (Wildman–Crippen MR) is 101 cm³/mol. The van der Waals surface area contributed by atoms with Gasteiger partial charge < -0.3 is 36.1 Å². The molecule has 29 heavy (non-hydrogen) atoms. The van der Waals surface area contributed by atoms with E-state index in [0.29, 0.717) is 5.02 Å². The minimum atomic E-state index is -1.75. The van der Waals surface area contributed by atoms with E-state index in [-0.39, 0.29) is 22.5 Å². The van der Waals surface area contributed by atoms with E-state index < -0.39 is 10.2 Å². The molecule has 0 fully saturated rings. The molecule has 0 aromatic carbocycles. The summed E-state index contributed by atoms with van der Waals surface area (Å²) < 4.78 is 0. The van der Waals surface area contributed by atoms with Gasteiger partial charge in [0.15, 0.2) is 0 Å². The van der Waals surface area contributed by atoms with Gasteiger partial charge in [0.1, 0.15) is 0 Å². The molecule has 3 aromatic rings. The molecule has 0 spiro atoms. The Morgan fingerprint density at radius 2 is 1.07 bits per heavy atom. The number of nitrogens with zero attached hydrogens (tertiary/aromatic N) is 5. The van der Waals surface area contributed by atoms with E-state index in [0.717, 1.165) is 22.8 Å². The maximum Gasteiger partial charge on any atom is 2.00 e. The molecule has 0 saturated heterocycles. The van der Waals surface area contributed by atoms with Crippen LogP contribution in [0, 0.1) is 30.6 Å². The Balaban J connectivity index is 0. The fourth-order valence-corrected chi connectivity index (χ4v) is 1.99. The van der Waals surface area contributed by atoms with E-state index in [1.165, 1.54) is 0 Å². The summed E-state index contributed by atoms with van der Waals surface area (Å²) >= 11 is 6.15. The topological polar surface area (TPSA) is 204 Å². The van der Waals surface area contributed by atoms with Gasteiger partial charge >= 0.3 is 17.1 Å². The number of hydrogen-bond donors (Lipinski definition) is 0. The van der Waals surface area contributed by atoms with Gasteiger partial charge in [0.05, 0.1) is 32.9 Å². The molecule has 3 aromatic heterocycles. The van der Waals surface area contributed by atoms with Gasteiger partial charge in [0.2, 0.25) is 0 Å². The van der Waals surface area contributed by atoms with E-state index in [4.69, 9.17) is 42.2 Å². The third kappa shape index (κ3) is 11.8. The molecule has 1 radical (unpaired) electrons. The molecule has 0 bridgehead atoms. The first-order chi connectivity index (χ1) is 12.8. The normalized spacial score (nSPS) is 8.45. The number of aromatic nitrogens is 3. The molecule has 0 aliphatic heterocycles. The third-order valence-corrected chi connectivity index (χ3v) is 2.86. The number of pyridine rings is 3. The average Bonchev–Trinajstić information content (AvgIpc) is 2.62. The van der Waals surface area contributed by atoms with Crippen LogP contribution in [-0.2, 0) is 22.5 Å². The van der Waals surface area contributed by atoms with E-state index >= 15 is 0 Å². The fourth-order valence-electron chi connectivity index (χ4n) is 1.79. The van der Waals surface area contributed by atoms with Crippen molar-refractivity contribution in [2.75, 3.05) is 0 Å². The summed E-state index contributed by atoms with van der Waals surface area (Å²) in [5.74, 6) is 0. The zero-order chi connectivity index (χ0) is 20.2. The van der Waals surface area contributed by atoms with Crippen LogP contribution in [0.4, 0.5) is 0 Å². The van der Waals surface area contributed by atoms with Crippen molar-refractivity contribution in [3.63, 3.8) is 0 Å². The monoisotopic (exact) mass is 473 g/mol. The molecule has 12 nitrogen and oxygen atoms in total. The molecule has 0 aliphatic rings. The zero-order valence-corrected chi connectivity index (χ0v) is 15.9. The van der Waals surface area contributed by atoms with Crippen molar-refractivity contribution in [2.24, 2.45) is 0 Å². The van der Waals surface area contributed by atoms with E-state index in [2.05, 4.69) is 15.0 Å². The van der Waals surface area contributed by atoms with Crippen molar-refractivity contribution in [2.45, 2.75) is 0 Å². The molecule has 3 N–H and O–H groups in total. The van der Waals surface area contributed by atoms with Crippen LogP contribution in [0.15, 0.2) is 60.9 Å². The Morgan fingerprint density at radius 1 is 0.724 bits per heavy atom. The Kier molecular flexibility index (Phi) is 14.1. The molecular formula is C15H13ClCuN5O7+. The second-order valence-corrected chi connectivity index (χ2v) is 4.87. The molecule has 0 atom stereocenters. The number of rotatable bonds is 2. The summed E-state index contributed by atoms with van der Waals surface area (Å²) in [5, 5.41) is 30.1. The van der Waals surface area contributed by atoms with Gasteiger partial charge in [-0.25, -0.2) is 4.98 Å². The Hall–Kier alpha value is -3.38. The van der Waals surface area contributed by atoms with E-state index in [9.17, 15) is 0 Å². The molecule has 0 amide bonds. The quantitative estimate of drug-likeness (QED) is 0.231. The summed E-state index contributed by atoms with van der Waals surface area (Å²) in [6.45, 7) is 0. The molecule has 3 rings (SSSR count). The molecule has 0 unspecified atom stereocenters. The summed E-state index contributed by atoms with van der Waals surface area (Å²) in [5.41, 5.74) is 3.08. The van der Waals surface area contributed by atoms with Crippen molar-refractivity contribution in [1.29, 1.82) is 0 Å². The maximum absolute atomic E-state index is 8.25. The summed E-state index contributed by atoms with van der Waals surface area (Å²) in [7, 11) is 0. The van der Waals surface area contributed by atoms with Crippen LogP contribution in [0.5, 0.6) is 0 Å². The standard InChI is InChI=1S/C15H10ClN3.Cu.2NO3.H2O/c16-11-9-14(12-5-1-3-7-17-12)19-15(10-11)13-6-2-4-8-18-13;;2*2-1(3)4;/h1-10H;;;;1H2/q;+2;2*-1;/p+1. The van der Waals surface area contributed by atoms with Gasteiger partial charge in [-0.3, -0.25) is 9.97 Å². The van der Waals surface area contributed by atoms with Gasteiger partial charge in [0, 0.05) is 17.4 Å². The first-order valence-electron chi connectivity index (χ1n) is 6.93. The average molecular weight is 474 g/mol. The molecule has 157 valence electrons. The second kappa shape index (κ2) is 14.6. The van der Waals surface area contributed by atoms with Gasteiger partial charge in [-0.05, 0) is 36.4 Å². The van der Waals surface area contributed by atoms with Crippen molar-refractivity contribution >= 4 is 11.6 Å². The maximum atomic E-state index is 8.25. The van der Waals surface area contributed by atoms with Gasteiger partial charge in [0.25, 0.3) is 0 Å². The van der Waals surface area contributed by atoms with Gasteiger partial charge in [-0.2, -0.15) is 0 Å². The van der Waals surface area contributed by atoms with Crippen LogP contribution in [0.3, 0.4) is 0 Å². The summed E-state index contributed by atoms with van der Waals surface area (Å²) in [4.78, 5) is 29.6. The van der Waals surface area contributed by atoms with Crippen LogP contribution in [0.1, 0.15) is 0 Å². The van der Waals surface area contributed by atoms with Crippen LogP contribution in [-0.4, -0.2) is 25.1 Å². The zero-order valence-electron chi connectivity index (χ0n) is 14.2. The fraction of sp³-hybridized carbons (Fsp3) is 0. The number of halogens is 1. The Morgan fingerprint density at radius 3 is 1.34 bits per heavy atom. The van der Waals surface area contributed by atoms with Crippen LogP contribution in [0.25, 0.3) is 22.8 Å². The van der Waals surface area contributed by atoms with Crippen LogP contribution in [0.2, 0.25) is 5.02 Å². The largest absolute Gasteiger partial charge is 2.00 e. The predicted octanol–water partition coefficient (Wildman–Crippen LogP) is 2.46. The molecular weight excluding hydrogens is 461 g/mol. The summed E-state index contributed by atoms with van der Waals surface area (Å²) in [6.07, 6.45) is 3.47. The molecule has 14 heteroatoms. The minimum Gasteiger partial charge on any atom is -0.457 e. The minimum absolute atomic E-state index is 0. The van der Waals surface area contributed by atoms with Crippen molar-refractivity contribution < 1.29 is 32.7 Å². The first-order valence-corrected chi connectivity index (χ1v) is 7.31. The molecule has 3 heterocycles. The number of hydrogen-bond acceptors (Lipinski definition) is 9. The van der Waals surface area contributed by atoms with Crippen molar-refractivity contribution in [3.8, 4) is 22.8 Å². The first kappa shape index (κ1) is 27.8. The summed E-state index contributed by atoms with van der Waals surface area (Å²) in [6, 6.07) is 15.0. The third-order valence-electron chi connectivity index (χ3n) is 2.64.